The SMILES string of the molecule is CCc1cccc(C(=O)NNC(=O)[C@H](Nc2ccc(C#N)c(Cl)c2I)[C@H](C)O)c1. The molecule has 2 amide bonds. The van der Waals surface area contributed by atoms with Gasteiger partial charge in [-0.1, -0.05) is 30.7 Å². The first-order valence-corrected chi connectivity index (χ1v) is 10.3. The highest BCUT2D eigenvalue weighted by Crippen LogP contribution is 2.30. The number of aryl methyl sites for hydroxylation is 1. The van der Waals surface area contributed by atoms with Gasteiger partial charge in [0.25, 0.3) is 11.8 Å². The molecule has 152 valence electrons. The molecule has 0 aliphatic rings. The molecule has 0 heterocycles. The average Bonchev–Trinajstić information content (AvgIpc) is 2.72. The number of hydrogen-bond acceptors (Lipinski definition) is 5. The number of rotatable bonds is 6. The second kappa shape index (κ2) is 10.4. The highest BCUT2D eigenvalue weighted by molar-refractivity contribution is 14.1. The van der Waals surface area contributed by atoms with E-state index in [0.717, 1.165) is 12.0 Å². The highest BCUT2D eigenvalue weighted by atomic mass is 127. The molecule has 0 saturated carbocycles. The van der Waals surface area contributed by atoms with E-state index in [4.69, 9.17) is 16.9 Å². The number of benzene rings is 2. The Hall–Kier alpha value is -2.35. The Morgan fingerprint density at radius 2 is 2.00 bits per heavy atom. The van der Waals surface area contributed by atoms with Gasteiger partial charge in [0.05, 0.1) is 20.3 Å². The van der Waals surface area contributed by atoms with Crippen LogP contribution >= 0.6 is 34.2 Å². The van der Waals surface area contributed by atoms with Crippen molar-refractivity contribution in [2.45, 2.75) is 32.4 Å². The fourth-order valence-electron chi connectivity index (χ4n) is 2.52. The van der Waals surface area contributed by atoms with Gasteiger partial charge in [-0.25, -0.2) is 0 Å². The molecule has 9 heteroatoms. The van der Waals surface area contributed by atoms with Gasteiger partial charge in [-0.05, 0) is 65.8 Å². The number of nitriles is 1. The number of nitrogens with one attached hydrogen (secondary N) is 3. The number of carbonyl (C=O) groups excluding carboxylic acids is 2. The molecule has 2 atom stereocenters. The highest BCUT2D eigenvalue weighted by Gasteiger charge is 2.25. The van der Waals surface area contributed by atoms with Crippen LogP contribution < -0.4 is 16.2 Å². The van der Waals surface area contributed by atoms with Gasteiger partial charge in [0, 0.05) is 11.3 Å². The van der Waals surface area contributed by atoms with Gasteiger partial charge in [0.15, 0.2) is 0 Å². The molecule has 2 rings (SSSR count). The van der Waals surface area contributed by atoms with Gasteiger partial charge in [0.2, 0.25) is 0 Å². The lowest BCUT2D eigenvalue weighted by Crippen LogP contribution is -2.52. The van der Waals surface area contributed by atoms with Crippen LogP contribution in [0.2, 0.25) is 5.02 Å². The fourth-order valence-corrected chi connectivity index (χ4v) is 3.35. The molecule has 0 bridgehead atoms. The van der Waals surface area contributed by atoms with Crippen molar-refractivity contribution < 1.29 is 14.7 Å². The number of nitrogens with zero attached hydrogens (tertiary/aromatic N) is 1. The smallest absolute Gasteiger partial charge is 0.269 e. The summed E-state index contributed by atoms with van der Waals surface area (Å²) in [6, 6.07) is 11.1. The van der Waals surface area contributed by atoms with E-state index in [-0.39, 0.29) is 5.02 Å². The molecule has 0 aromatic heterocycles. The van der Waals surface area contributed by atoms with Crippen molar-refractivity contribution in [2.75, 3.05) is 5.32 Å². The maximum Gasteiger partial charge on any atom is 0.269 e. The molecule has 2 aromatic carbocycles. The summed E-state index contributed by atoms with van der Waals surface area (Å²) in [5.74, 6) is -1.09. The Morgan fingerprint density at radius 3 is 2.62 bits per heavy atom. The molecule has 0 unspecified atom stereocenters. The maximum absolute atomic E-state index is 12.5. The lowest BCUT2D eigenvalue weighted by molar-refractivity contribution is -0.124. The number of aliphatic hydroxyl groups excluding tert-OH is 1. The molecule has 0 radical (unpaired) electrons. The minimum Gasteiger partial charge on any atom is -0.391 e. The standard InChI is InChI=1S/C20H20ClIN4O3/c1-3-12-5-4-6-13(9-12)19(28)25-26-20(29)18(11(2)27)24-15-8-7-14(10-23)16(21)17(15)22/h4-9,11,18,24,27H,3H2,1-2H3,(H,25,28)(H,26,29)/t11-,18+/m0/s1. The second-order valence-electron chi connectivity index (χ2n) is 6.26. The number of halogens is 2. The zero-order valence-corrected chi connectivity index (χ0v) is 18.7. The normalized spacial score (nSPS) is 12.4. The fraction of sp³-hybridized carbons (Fsp3) is 0.250. The molecule has 0 fully saturated rings. The van der Waals surface area contributed by atoms with Crippen LogP contribution in [0.1, 0.15) is 35.3 Å². The Labute approximate surface area is 187 Å². The second-order valence-corrected chi connectivity index (χ2v) is 7.72. The van der Waals surface area contributed by atoms with Crippen molar-refractivity contribution >= 4 is 51.7 Å². The van der Waals surface area contributed by atoms with Gasteiger partial charge in [-0.3, -0.25) is 20.4 Å². The van der Waals surface area contributed by atoms with Crippen LogP contribution in [0.15, 0.2) is 36.4 Å². The minimum absolute atomic E-state index is 0.256. The van der Waals surface area contributed by atoms with Gasteiger partial charge < -0.3 is 10.4 Å². The summed E-state index contributed by atoms with van der Waals surface area (Å²) in [6.45, 7) is 3.43. The summed E-state index contributed by atoms with van der Waals surface area (Å²) in [6.07, 6.45) is -0.284. The molecule has 0 aliphatic carbocycles. The van der Waals surface area contributed by atoms with Gasteiger partial charge in [0.1, 0.15) is 12.1 Å². The van der Waals surface area contributed by atoms with Crippen molar-refractivity contribution in [1.29, 1.82) is 5.26 Å². The van der Waals surface area contributed by atoms with E-state index in [9.17, 15) is 14.7 Å². The molecule has 2 aromatic rings. The van der Waals surface area contributed by atoms with E-state index < -0.39 is 24.0 Å². The van der Waals surface area contributed by atoms with Gasteiger partial charge in [-0.2, -0.15) is 5.26 Å². The van der Waals surface area contributed by atoms with Crippen LogP contribution in [0.25, 0.3) is 0 Å². The van der Waals surface area contributed by atoms with E-state index in [1.807, 2.05) is 41.7 Å². The minimum atomic E-state index is -1.07. The summed E-state index contributed by atoms with van der Waals surface area (Å²) in [5.41, 5.74) is 6.89. The first-order chi connectivity index (χ1) is 13.8. The Kier molecular flexibility index (Phi) is 8.25. The summed E-state index contributed by atoms with van der Waals surface area (Å²) in [7, 11) is 0. The number of aliphatic hydroxyl groups is 1. The number of carbonyl (C=O) groups is 2. The van der Waals surface area contributed by atoms with Crippen LogP contribution in [0.5, 0.6) is 0 Å². The summed E-state index contributed by atoms with van der Waals surface area (Å²) in [5, 5.41) is 22.2. The van der Waals surface area contributed by atoms with Crippen molar-refractivity contribution in [3.05, 3.63) is 61.7 Å². The average molecular weight is 527 g/mol. The predicted molar refractivity (Wildman–Crippen MR) is 119 cm³/mol. The van der Waals surface area contributed by atoms with Crippen LogP contribution in [0.3, 0.4) is 0 Å². The molecule has 0 saturated heterocycles. The zero-order chi connectivity index (χ0) is 21.6. The number of anilines is 1. The van der Waals surface area contributed by atoms with Crippen LogP contribution in [0.4, 0.5) is 5.69 Å². The number of hydrogen-bond donors (Lipinski definition) is 4. The van der Waals surface area contributed by atoms with Crippen molar-refractivity contribution in [1.82, 2.24) is 10.9 Å². The van der Waals surface area contributed by atoms with Crippen LogP contribution in [-0.4, -0.2) is 29.1 Å². The van der Waals surface area contributed by atoms with E-state index in [0.29, 0.717) is 20.4 Å². The van der Waals surface area contributed by atoms with Crippen molar-refractivity contribution in [3.8, 4) is 6.07 Å². The lowest BCUT2D eigenvalue weighted by Gasteiger charge is -2.23. The molecule has 7 nitrogen and oxygen atoms in total. The van der Waals surface area contributed by atoms with Crippen molar-refractivity contribution in [2.24, 2.45) is 0 Å². The zero-order valence-electron chi connectivity index (χ0n) is 15.8. The molecule has 29 heavy (non-hydrogen) atoms. The Bertz CT molecular complexity index is 959. The molecular formula is C20H20ClIN4O3. The maximum atomic E-state index is 12.5. The lowest BCUT2D eigenvalue weighted by atomic mass is 10.1. The van der Waals surface area contributed by atoms with Crippen LogP contribution in [0, 0.1) is 14.9 Å². The van der Waals surface area contributed by atoms with Gasteiger partial charge >= 0.3 is 0 Å². The molecule has 0 spiro atoms. The quantitative estimate of drug-likeness (QED) is 0.341. The predicted octanol–water partition coefficient (Wildman–Crippen LogP) is 3.00. The van der Waals surface area contributed by atoms with E-state index in [1.165, 1.54) is 13.0 Å². The van der Waals surface area contributed by atoms with Crippen LogP contribution in [-0.2, 0) is 11.2 Å². The largest absolute Gasteiger partial charge is 0.391 e. The van der Waals surface area contributed by atoms with Gasteiger partial charge in [-0.15, -0.1) is 0 Å². The first-order valence-electron chi connectivity index (χ1n) is 8.80. The summed E-state index contributed by atoms with van der Waals surface area (Å²) in [4.78, 5) is 24.8. The summed E-state index contributed by atoms with van der Waals surface area (Å²) >= 11 is 8.10. The van der Waals surface area contributed by atoms with E-state index in [2.05, 4.69) is 16.2 Å². The molecule has 0 aliphatic heterocycles. The summed E-state index contributed by atoms with van der Waals surface area (Å²) < 4.78 is 0.544. The topological polar surface area (TPSA) is 114 Å². The third kappa shape index (κ3) is 5.82. The van der Waals surface area contributed by atoms with E-state index in [1.54, 1.807) is 24.3 Å². The van der Waals surface area contributed by atoms with E-state index >= 15 is 0 Å². The molecular weight excluding hydrogens is 507 g/mol. The first kappa shape index (κ1) is 22.9. The Morgan fingerprint density at radius 1 is 1.28 bits per heavy atom. The number of amides is 2. The third-order valence-corrected chi connectivity index (χ3v) is 6.01. The third-order valence-electron chi connectivity index (χ3n) is 4.18. The number of hydrazine groups is 1. The molecule has 4 N–H and O–H groups in total. The van der Waals surface area contributed by atoms with Crippen molar-refractivity contribution in [3.63, 3.8) is 0 Å². The Balaban J connectivity index is 2.09. The monoisotopic (exact) mass is 526 g/mol.